The number of carbonyl (C=O) groups is 2. The lowest BCUT2D eigenvalue weighted by Crippen LogP contribution is -2.16. The smallest absolute Gasteiger partial charge is 0.337 e. The fourth-order valence-electron chi connectivity index (χ4n) is 2.59. The van der Waals surface area contributed by atoms with Gasteiger partial charge in [-0.3, -0.25) is 4.79 Å². The van der Waals surface area contributed by atoms with Gasteiger partial charge in [-0.05, 0) is 47.5 Å². The number of nitrogens with one attached hydrogen (secondary N) is 1. The summed E-state index contributed by atoms with van der Waals surface area (Å²) in [7, 11) is 1.32. The number of esters is 1. The van der Waals surface area contributed by atoms with Gasteiger partial charge >= 0.3 is 5.97 Å². The third-order valence-electron chi connectivity index (χ3n) is 4.19. The second kappa shape index (κ2) is 11.2. The van der Waals surface area contributed by atoms with Crippen molar-refractivity contribution in [1.29, 1.82) is 0 Å². The Kier molecular flexibility index (Phi) is 7.77. The largest absolute Gasteiger partial charge is 0.489 e. The van der Waals surface area contributed by atoms with E-state index >= 15 is 0 Å². The first kappa shape index (κ1) is 21.6. The molecule has 0 fully saturated rings. The van der Waals surface area contributed by atoms with E-state index in [1.807, 2.05) is 30.3 Å². The summed E-state index contributed by atoms with van der Waals surface area (Å²) in [6.45, 7) is 0.243. The summed E-state index contributed by atoms with van der Waals surface area (Å²) in [5.74, 6) is -0.0377. The van der Waals surface area contributed by atoms with Gasteiger partial charge in [0.1, 0.15) is 12.4 Å². The van der Waals surface area contributed by atoms with Crippen LogP contribution in [0.25, 0.3) is 0 Å². The normalized spacial score (nSPS) is 10.5. The third-order valence-corrected chi connectivity index (χ3v) is 4.19. The molecule has 0 atom stereocenters. The Bertz CT molecular complexity index is 1020. The minimum Gasteiger partial charge on any atom is -0.489 e. The molecule has 31 heavy (non-hydrogen) atoms. The average molecular weight is 418 g/mol. The lowest BCUT2D eigenvalue weighted by Gasteiger charge is -2.08. The molecule has 0 aliphatic carbocycles. The van der Waals surface area contributed by atoms with Crippen molar-refractivity contribution >= 4 is 23.8 Å². The number of oxime groups is 1. The summed E-state index contributed by atoms with van der Waals surface area (Å²) in [6.07, 6.45) is 1.45. The van der Waals surface area contributed by atoms with E-state index < -0.39 is 5.97 Å². The van der Waals surface area contributed by atoms with Gasteiger partial charge in [-0.25, -0.2) is 4.79 Å². The third kappa shape index (κ3) is 7.01. The van der Waals surface area contributed by atoms with Crippen LogP contribution >= 0.6 is 0 Å². The fraction of sp³-hybridized carbons (Fsp3) is 0.125. The van der Waals surface area contributed by atoms with Crippen molar-refractivity contribution in [1.82, 2.24) is 0 Å². The molecule has 0 unspecified atom stereocenters. The number of amides is 1. The molecule has 0 bridgehead atoms. The summed E-state index contributed by atoms with van der Waals surface area (Å²) < 4.78 is 10.4. The molecular formula is C24H22N2O5. The van der Waals surface area contributed by atoms with Crippen molar-refractivity contribution in [3.05, 3.63) is 95.6 Å². The molecular weight excluding hydrogens is 396 g/mol. The Morgan fingerprint density at radius 1 is 0.935 bits per heavy atom. The van der Waals surface area contributed by atoms with Crippen LogP contribution in [0.2, 0.25) is 0 Å². The topological polar surface area (TPSA) is 86.2 Å². The van der Waals surface area contributed by atoms with Crippen molar-refractivity contribution < 1.29 is 23.9 Å². The number of ether oxygens (including phenoxy) is 2. The van der Waals surface area contributed by atoms with Crippen molar-refractivity contribution in [2.75, 3.05) is 19.0 Å². The summed E-state index contributed by atoms with van der Waals surface area (Å²) in [6, 6.07) is 23.6. The van der Waals surface area contributed by atoms with Crippen LogP contribution in [-0.2, 0) is 21.0 Å². The lowest BCUT2D eigenvalue weighted by atomic mass is 10.1. The number of anilines is 1. The number of carbonyl (C=O) groups excluding carboxylic acids is 2. The molecule has 3 aromatic carbocycles. The molecule has 1 amide bonds. The predicted octanol–water partition coefficient (Wildman–Crippen LogP) is 4.04. The number of hydrogen-bond acceptors (Lipinski definition) is 6. The number of methoxy groups -OCH3 is 1. The highest BCUT2D eigenvalue weighted by Crippen LogP contribution is 2.17. The van der Waals surface area contributed by atoms with Crippen LogP contribution in [0.5, 0.6) is 5.75 Å². The zero-order chi connectivity index (χ0) is 21.9. The number of rotatable bonds is 9. The van der Waals surface area contributed by atoms with E-state index in [-0.39, 0.29) is 12.5 Å². The van der Waals surface area contributed by atoms with Crippen molar-refractivity contribution in [3.8, 4) is 5.75 Å². The summed E-state index contributed by atoms with van der Waals surface area (Å²) >= 11 is 0. The van der Waals surface area contributed by atoms with Gasteiger partial charge in [-0.1, -0.05) is 47.6 Å². The van der Waals surface area contributed by atoms with E-state index in [2.05, 4.69) is 15.2 Å². The molecule has 0 aromatic heterocycles. The van der Waals surface area contributed by atoms with Gasteiger partial charge in [0, 0.05) is 5.69 Å². The highest BCUT2D eigenvalue weighted by atomic mass is 16.6. The maximum absolute atomic E-state index is 12.0. The van der Waals surface area contributed by atoms with E-state index in [0.717, 1.165) is 11.1 Å². The molecule has 3 aromatic rings. The van der Waals surface area contributed by atoms with Crippen LogP contribution in [-0.4, -0.2) is 31.8 Å². The van der Waals surface area contributed by atoms with Crippen molar-refractivity contribution in [2.45, 2.75) is 6.61 Å². The van der Waals surface area contributed by atoms with Crippen molar-refractivity contribution in [2.24, 2.45) is 5.16 Å². The van der Waals surface area contributed by atoms with Gasteiger partial charge in [-0.15, -0.1) is 0 Å². The second-order valence-corrected chi connectivity index (χ2v) is 6.47. The number of hydrogen-bond donors (Lipinski definition) is 1. The maximum Gasteiger partial charge on any atom is 0.337 e. The van der Waals surface area contributed by atoms with Crippen LogP contribution in [0.4, 0.5) is 5.69 Å². The summed E-state index contributed by atoms with van der Waals surface area (Å²) in [4.78, 5) is 28.4. The zero-order valence-corrected chi connectivity index (χ0v) is 17.0. The molecule has 0 aliphatic rings. The average Bonchev–Trinajstić information content (AvgIpc) is 2.82. The van der Waals surface area contributed by atoms with Gasteiger partial charge in [0.15, 0.2) is 6.61 Å². The van der Waals surface area contributed by atoms with E-state index in [9.17, 15) is 9.59 Å². The first-order valence-electron chi connectivity index (χ1n) is 9.54. The number of nitrogens with zero attached hydrogens (tertiary/aromatic N) is 1. The highest BCUT2D eigenvalue weighted by molar-refractivity contribution is 5.92. The van der Waals surface area contributed by atoms with Crippen LogP contribution in [0.15, 0.2) is 84.0 Å². The highest BCUT2D eigenvalue weighted by Gasteiger charge is 2.05. The van der Waals surface area contributed by atoms with Crippen LogP contribution in [0.1, 0.15) is 21.5 Å². The van der Waals surface area contributed by atoms with E-state index in [0.29, 0.717) is 23.6 Å². The standard InChI is InChI=1S/C24H22N2O5/c1-29-24(28)20-9-7-18(8-10-20)15-25-31-17-23(27)26-21-11-13-22(14-12-21)30-16-19-5-3-2-4-6-19/h2-15H,16-17H2,1H3,(H,26,27)/b25-15+. The van der Waals surface area contributed by atoms with Gasteiger partial charge < -0.3 is 19.6 Å². The molecule has 1 N–H and O–H groups in total. The van der Waals surface area contributed by atoms with Gasteiger partial charge in [0.25, 0.3) is 5.91 Å². The minimum absolute atomic E-state index is 0.233. The van der Waals surface area contributed by atoms with Gasteiger partial charge in [0.05, 0.1) is 18.9 Å². The molecule has 0 saturated carbocycles. The molecule has 158 valence electrons. The van der Waals surface area contributed by atoms with Gasteiger partial charge in [-0.2, -0.15) is 0 Å². The molecule has 0 radical (unpaired) electrons. The summed E-state index contributed by atoms with van der Waals surface area (Å²) in [5.41, 5.74) is 2.87. The lowest BCUT2D eigenvalue weighted by molar-refractivity contribution is -0.120. The van der Waals surface area contributed by atoms with Crippen LogP contribution in [0, 0.1) is 0 Å². The number of benzene rings is 3. The molecule has 0 spiro atoms. The summed E-state index contributed by atoms with van der Waals surface area (Å²) in [5, 5.41) is 6.49. The van der Waals surface area contributed by atoms with E-state index in [4.69, 9.17) is 9.57 Å². The van der Waals surface area contributed by atoms with E-state index in [1.54, 1.807) is 48.5 Å². The second-order valence-electron chi connectivity index (χ2n) is 6.47. The molecule has 0 aliphatic heterocycles. The van der Waals surface area contributed by atoms with Crippen LogP contribution in [0.3, 0.4) is 0 Å². The van der Waals surface area contributed by atoms with Gasteiger partial charge in [0.2, 0.25) is 0 Å². The Labute approximate surface area is 180 Å². The van der Waals surface area contributed by atoms with Crippen LogP contribution < -0.4 is 10.1 Å². The quantitative estimate of drug-likeness (QED) is 0.322. The Balaban J connectivity index is 1.40. The first-order chi connectivity index (χ1) is 15.1. The van der Waals surface area contributed by atoms with Crippen molar-refractivity contribution in [3.63, 3.8) is 0 Å². The Morgan fingerprint density at radius 2 is 1.65 bits per heavy atom. The SMILES string of the molecule is COC(=O)c1ccc(/C=N/OCC(=O)Nc2ccc(OCc3ccccc3)cc2)cc1. The Hall–Kier alpha value is -4.13. The molecule has 0 heterocycles. The molecule has 7 nitrogen and oxygen atoms in total. The predicted molar refractivity (Wildman–Crippen MR) is 117 cm³/mol. The first-order valence-corrected chi connectivity index (χ1v) is 9.54. The monoisotopic (exact) mass is 418 g/mol. The fourth-order valence-corrected chi connectivity index (χ4v) is 2.59. The molecule has 3 rings (SSSR count). The van der Waals surface area contributed by atoms with E-state index in [1.165, 1.54) is 13.3 Å². The molecule has 0 saturated heterocycles. The minimum atomic E-state index is -0.410. The zero-order valence-electron chi connectivity index (χ0n) is 17.0. The maximum atomic E-state index is 12.0. The molecule has 7 heteroatoms. The Morgan fingerprint density at radius 3 is 2.32 bits per heavy atom.